The number of fused-ring (bicyclic) bond motifs is 1. The van der Waals surface area contributed by atoms with E-state index in [4.69, 9.17) is 4.42 Å². The van der Waals surface area contributed by atoms with Crippen LogP contribution in [0, 0.1) is 29.0 Å². The minimum Gasteiger partial charge on any atom is -0.408 e. The third kappa shape index (κ3) is 4.59. The van der Waals surface area contributed by atoms with Crippen LogP contribution in [0.4, 0.5) is 4.39 Å². The fourth-order valence-electron chi connectivity index (χ4n) is 4.57. The number of rotatable bonds is 6. The van der Waals surface area contributed by atoms with Gasteiger partial charge in [-0.2, -0.15) is 5.26 Å². The molecule has 1 aromatic heterocycles. The molecule has 1 heterocycles. The Kier molecular flexibility index (Phi) is 6.13. The second-order valence-electron chi connectivity index (χ2n) is 8.86. The predicted molar refractivity (Wildman–Crippen MR) is 119 cm³/mol. The van der Waals surface area contributed by atoms with Gasteiger partial charge in [-0.05, 0) is 59.6 Å². The van der Waals surface area contributed by atoms with Crippen LogP contribution in [-0.2, 0) is 18.3 Å². The summed E-state index contributed by atoms with van der Waals surface area (Å²) in [6.45, 7) is 2.19. The van der Waals surface area contributed by atoms with Crippen LogP contribution >= 0.6 is 0 Å². The summed E-state index contributed by atoms with van der Waals surface area (Å²) < 4.78 is 21.4. The average molecular weight is 435 g/mol. The van der Waals surface area contributed by atoms with Gasteiger partial charge in [0.05, 0.1) is 11.6 Å². The zero-order valence-electron chi connectivity index (χ0n) is 18.2. The molecule has 4 rings (SSSR count). The van der Waals surface area contributed by atoms with Crippen LogP contribution in [0.25, 0.3) is 22.2 Å². The second kappa shape index (κ2) is 8.99. The van der Waals surface area contributed by atoms with Crippen molar-refractivity contribution in [3.8, 4) is 17.2 Å². The summed E-state index contributed by atoms with van der Waals surface area (Å²) in [5.74, 6) is -0.0288. The Labute approximate surface area is 185 Å². The van der Waals surface area contributed by atoms with Gasteiger partial charge in [0.2, 0.25) is 5.91 Å². The SMILES string of the molecule is C[C@@H]1CC[C@H](CC(=O)N[C@H](C#N)Cc2ccc(-c3ccc4oc(=O)n(C)c4c3)cc2F)C1. The molecular weight excluding hydrogens is 409 g/mol. The summed E-state index contributed by atoms with van der Waals surface area (Å²) in [4.78, 5) is 24.0. The van der Waals surface area contributed by atoms with Crippen LogP contribution in [0.1, 0.15) is 38.2 Å². The fourth-order valence-corrected chi connectivity index (χ4v) is 4.57. The molecule has 32 heavy (non-hydrogen) atoms. The van der Waals surface area contributed by atoms with Gasteiger partial charge >= 0.3 is 5.76 Å². The first-order chi connectivity index (χ1) is 15.3. The van der Waals surface area contributed by atoms with Gasteiger partial charge in [0.1, 0.15) is 11.9 Å². The lowest BCUT2D eigenvalue weighted by Gasteiger charge is -2.15. The number of halogens is 1. The number of benzene rings is 2. The lowest BCUT2D eigenvalue weighted by atomic mass is 9.99. The Morgan fingerprint density at radius 3 is 2.72 bits per heavy atom. The lowest BCUT2D eigenvalue weighted by Crippen LogP contribution is -2.36. The summed E-state index contributed by atoms with van der Waals surface area (Å²) in [6.07, 6.45) is 3.74. The average Bonchev–Trinajstić information content (AvgIpc) is 3.30. The Hall–Kier alpha value is -3.40. The molecule has 1 aliphatic carbocycles. The standard InChI is InChI=1S/C25H26FN3O3/c1-15-3-4-16(9-15)10-24(30)28-20(14-27)11-19-6-5-17(12-21(19)26)18-7-8-23-22(13-18)29(2)25(31)32-23/h5-8,12-13,15-16,20H,3-4,9-11H2,1-2H3,(H,28,30)/t15-,16+,20+/m1/s1. The Balaban J connectivity index is 1.45. The van der Waals surface area contributed by atoms with Crippen LogP contribution < -0.4 is 11.1 Å². The first-order valence-corrected chi connectivity index (χ1v) is 10.9. The molecule has 7 heteroatoms. The summed E-state index contributed by atoms with van der Waals surface area (Å²) in [6, 6.07) is 11.3. The highest BCUT2D eigenvalue weighted by Crippen LogP contribution is 2.32. The number of nitrogens with one attached hydrogen (secondary N) is 1. The molecule has 0 saturated heterocycles. The summed E-state index contributed by atoms with van der Waals surface area (Å²) >= 11 is 0. The van der Waals surface area contributed by atoms with E-state index < -0.39 is 17.6 Å². The number of nitrogens with zero attached hydrogens (tertiary/aromatic N) is 2. The van der Waals surface area contributed by atoms with Crippen molar-refractivity contribution in [1.29, 1.82) is 5.26 Å². The maximum atomic E-state index is 14.8. The van der Waals surface area contributed by atoms with Gasteiger partial charge in [0, 0.05) is 19.9 Å². The third-order valence-electron chi connectivity index (χ3n) is 6.37. The minimum atomic E-state index is -0.779. The van der Waals surface area contributed by atoms with E-state index >= 15 is 0 Å². The number of carbonyl (C=O) groups is 1. The lowest BCUT2D eigenvalue weighted by molar-refractivity contribution is -0.122. The van der Waals surface area contributed by atoms with Crippen LogP contribution in [0.2, 0.25) is 0 Å². The summed E-state index contributed by atoms with van der Waals surface area (Å²) in [5.41, 5.74) is 2.86. The molecule has 1 N–H and O–H groups in total. The Morgan fingerprint density at radius 1 is 1.28 bits per heavy atom. The largest absolute Gasteiger partial charge is 0.419 e. The molecular formula is C25H26FN3O3. The van der Waals surface area contributed by atoms with Crippen LogP contribution in [0.3, 0.4) is 0 Å². The quantitative estimate of drug-likeness (QED) is 0.625. The Morgan fingerprint density at radius 2 is 2.03 bits per heavy atom. The number of nitriles is 1. The van der Waals surface area contributed by atoms with Gasteiger partial charge in [-0.1, -0.05) is 31.5 Å². The van der Waals surface area contributed by atoms with E-state index in [0.29, 0.717) is 40.5 Å². The molecule has 0 unspecified atom stereocenters. The van der Waals surface area contributed by atoms with E-state index in [1.807, 2.05) is 0 Å². The second-order valence-corrected chi connectivity index (χ2v) is 8.86. The zero-order valence-corrected chi connectivity index (χ0v) is 18.2. The van der Waals surface area contributed by atoms with Crippen molar-refractivity contribution in [3.63, 3.8) is 0 Å². The van der Waals surface area contributed by atoms with E-state index in [0.717, 1.165) is 24.8 Å². The molecule has 0 bridgehead atoms. The van der Waals surface area contributed by atoms with E-state index in [1.165, 1.54) is 10.6 Å². The van der Waals surface area contributed by atoms with Gasteiger partial charge in [-0.25, -0.2) is 9.18 Å². The van der Waals surface area contributed by atoms with Crippen molar-refractivity contribution in [2.45, 2.75) is 45.1 Å². The smallest absolute Gasteiger partial charge is 0.408 e. The molecule has 3 atom stereocenters. The van der Waals surface area contributed by atoms with E-state index in [2.05, 4.69) is 18.3 Å². The first kappa shape index (κ1) is 21.8. The van der Waals surface area contributed by atoms with Crippen molar-refractivity contribution < 1.29 is 13.6 Å². The van der Waals surface area contributed by atoms with Crippen molar-refractivity contribution in [1.82, 2.24) is 9.88 Å². The fraction of sp³-hybridized carbons (Fsp3) is 0.400. The van der Waals surface area contributed by atoms with Gasteiger partial charge < -0.3 is 9.73 Å². The molecule has 3 aromatic rings. The number of aryl methyl sites for hydroxylation is 1. The number of amides is 1. The highest BCUT2D eigenvalue weighted by atomic mass is 19.1. The van der Waals surface area contributed by atoms with Crippen molar-refractivity contribution in [2.75, 3.05) is 0 Å². The molecule has 1 aliphatic rings. The normalized spacial score (nSPS) is 19.1. The number of oxazole rings is 1. The van der Waals surface area contributed by atoms with E-state index in [-0.39, 0.29) is 12.3 Å². The van der Waals surface area contributed by atoms with Crippen LogP contribution in [-0.4, -0.2) is 16.5 Å². The van der Waals surface area contributed by atoms with Gasteiger partial charge in [0.25, 0.3) is 0 Å². The Bertz CT molecular complexity index is 1250. The van der Waals surface area contributed by atoms with Crippen molar-refractivity contribution in [2.24, 2.45) is 18.9 Å². The molecule has 1 amide bonds. The molecule has 1 fully saturated rings. The number of hydrogen-bond donors (Lipinski definition) is 1. The monoisotopic (exact) mass is 435 g/mol. The van der Waals surface area contributed by atoms with Crippen LogP contribution in [0.5, 0.6) is 0 Å². The first-order valence-electron chi connectivity index (χ1n) is 10.9. The molecule has 0 aliphatic heterocycles. The zero-order chi connectivity index (χ0) is 22.8. The molecule has 2 aromatic carbocycles. The van der Waals surface area contributed by atoms with Gasteiger partial charge in [-0.15, -0.1) is 0 Å². The summed E-state index contributed by atoms with van der Waals surface area (Å²) in [7, 11) is 1.62. The highest BCUT2D eigenvalue weighted by molar-refractivity contribution is 5.80. The maximum Gasteiger partial charge on any atom is 0.419 e. The number of hydrogen-bond acceptors (Lipinski definition) is 4. The highest BCUT2D eigenvalue weighted by Gasteiger charge is 2.24. The van der Waals surface area contributed by atoms with Crippen molar-refractivity contribution >= 4 is 17.0 Å². The van der Waals surface area contributed by atoms with Crippen LogP contribution in [0.15, 0.2) is 45.6 Å². The maximum absolute atomic E-state index is 14.8. The minimum absolute atomic E-state index is 0.102. The number of carbonyl (C=O) groups excluding carboxylic acids is 1. The molecule has 0 spiro atoms. The number of aromatic nitrogens is 1. The molecule has 166 valence electrons. The molecule has 1 saturated carbocycles. The topological polar surface area (TPSA) is 88.0 Å². The van der Waals surface area contributed by atoms with Gasteiger partial charge in [-0.3, -0.25) is 9.36 Å². The van der Waals surface area contributed by atoms with E-state index in [9.17, 15) is 19.2 Å². The third-order valence-corrected chi connectivity index (χ3v) is 6.37. The summed E-state index contributed by atoms with van der Waals surface area (Å²) in [5, 5.41) is 12.2. The predicted octanol–water partition coefficient (Wildman–Crippen LogP) is 4.31. The van der Waals surface area contributed by atoms with Crippen molar-refractivity contribution in [3.05, 3.63) is 58.3 Å². The molecule has 6 nitrogen and oxygen atoms in total. The van der Waals surface area contributed by atoms with Gasteiger partial charge in [0.15, 0.2) is 5.58 Å². The molecule has 0 radical (unpaired) electrons. The van der Waals surface area contributed by atoms with E-state index in [1.54, 1.807) is 37.4 Å².